The largest absolute Gasteiger partial charge is 0.462 e. The van der Waals surface area contributed by atoms with Gasteiger partial charge in [-0.25, -0.2) is 0 Å². The minimum absolute atomic E-state index is 0.0552. The lowest BCUT2D eigenvalue weighted by Gasteiger charge is -2.49. The zero-order valence-corrected chi connectivity index (χ0v) is 19.1. The van der Waals surface area contributed by atoms with Crippen molar-refractivity contribution < 1.29 is 40.1 Å². The van der Waals surface area contributed by atoms with Crippen LogP contribution in [0.1, 0.15) is 56.9 Å². The molecule has 8 nitrogen and oxygen atoms in total. The van der Waals surface area contributed by atoms with Crippen molar-refractivity contribution >= 4 is 0 Å². The summed E-state index contributed by atoms with van der Waals surface area (Å²) in [5.41, 5.74) is -1.92. The molecule has 6 atom stereocenters. The van der Waals surface area contributed by atoms with Crippen molar-refractivity contribution in [3.63, 3.8) is 0 Å². The number of allylic oxidation sites excluding steroid dienone is 1. The van der Waals surface area contributed by atoms with Gasteiger partial charge in [-0.3, -0.25) is 0 Å². The summed E-state index contributed by atoms with van der Waals surface area (Å²) in [6.45, 7) is 3.58. The molecular formula is C25H38O8. The Morgan fingerprint density at radius 1 is 1.12 bits per heavy atom. The highest BCUT2D eigenvalue weighted by Crippen LogP contribution is 2.41. The zero-order valence-electron chi connectivity index (χ0n) is 19.1. The molecule has 1 aliphatic heterocycles. The molecule has 1 heterocycles. The molecule has 2 fully saturated rings. The van der Waals surface area contributed by atoms with Crippen LogP contribution in [0.2, 0.25) is 0 Å². The number of hydrogen-bond acceptors (Lipinski definition) is 8. The third kappa shape index (κ3) is 6.14. The van der Waals surface area contributed by atoms with E-state index in [2.05, 4.69) is 6.58 Å². The molecule has 0 aromatic heterocycles. The summed E-state index contributed by atoms with van der Waals surface area (Å²) in [6.07, 6.45) is -0.946. The highest BCUT2D eigenvalue weighted by atomic mass is 16.7. The van der Waals surface area contributed by atoms with Crippen LogP contribution in [0.4, 0.5) is 0 Å². The van der Waals surface area contributed by atoms with E-state index in [9.17, 15) is 25.5 Å². The van der Waals surface area contributed by atoms with E-state index in [1.807, 2.05) is 12.1 Å². The maximum absolute atomic E-state index is 11.5. The van der Waals surface area contributed by atoms with Crippen molar-refractivity contribution in [3.05, 3.63) is 42.5 Å². The first-order valence-corrected chi connectivity index (χ1v) is 11.8. The van der Waals surface area contributed by atoms with E-state index in [-0.39, 0.29) is 32.3 Å². The topological polar surface area (TPSA) is 140 Å². The molecule has 1 saturated carbocycles. The Balaban J connectivity index is 1.82. The molecule has 1 aromatic rings. The third-order valence-corrected chi connectivity index (χ3v) is 6.97. The fourth-order valence-corrected chi connectivity index (χ4v) is 4.84. The lowest BCUT2D eigenvalue weighted by molar-refractivity contribution is -0.331. The number of hydrogen-bond donors (Lipinski definition) is 6. The quantitative estimate of drug-likeness (QED) is 0.267. The van der Waals surface area contributed by atoms with E-state index in [0.29, 0.717) is 25.0 Å². The van der Waals surface area contributed by atoms with Gasteiger partial charge >= 0.3 is 0 Å². The smallest absolute Gasteiger partial charge is 0.232 e. The summed E-state index contributed by atoms with van der Waals surface area (Å²) in [6, 6.07) is 7.11. The molecule has 0 radical (unpaired) electrons. The molecule has 3 rings (SSSR count). The minimum atomic E-state index is -2.01. The summed E-state index contributed by atoms with van der Waals surface area (Å²) < 4.78 is 11.8. The summed E-state index contributed by atoms with van der Waals surface area (Å²) in [4.78, 5) is 0. The van der Waals surface area contributed by atoms with Gasteiger partial charge in [0.1, 0.15) is 24.1 Å². The van der Waals surface area contributed by atoms with Gasteiger partial charge in [-0.15, -0.1) is 6.58 Å². The van der Waals surface area contributed by atoms with Crippen LogP contribution in [0.15, 0.2) is 36.9 Å². The fourth-order valence-electron chi connectivity index (χ4n) is 4.84. The molecule has 0 bridgehead atoms. The number of rotatable bonds is 11. The molecule has 186 valence electrons. The van der Waals surface area contributed by atoms with Crippen molar-refractivity contribution in [2.75, 3.05) is 6.61 Å². The molecule has 0 spiro atoms. The predicted molar refractivity (Wildman–Crippen MR) is 122 cm³/mol. The van der Waals surface area contributed by atoms with Crippen LogP contribution in [0.5, 0.6) is 5.75 Å². The van der Waals surface area contributed by atoms with Crippen LogP contribution >= 0.6 is 0 Å². The fraction of sp³-hybridized carbons (Fsp3) is 0.680. The van der Waals surface area contributed by atoms with E-state index >= 15 is 0 Å². The highest BCUT2D eigenvalue weighted by molar-refractivity contribution is 5.28. The van der Waals surface area contributed by atoms with Crippen molar-refractivity contribution in [2.45, 2.75) is 99.7 Å². The Bertz CT molecular complexity index is 747. The van der Waals surface area contributed by atoms with Gasteiger partial charge in [-0.05, 0) is 62.6 Å². The first-order chi connectivity index (χ1) is 15.7. The van der Waals surface area contributed by atoms with Crippen LogP contribution in [0.25, 0.3) is 0 Å². The lowest BCUT2D eigenvalue weighted by Crippen LogP contribution is -2.69. The van der Waals surface area contributed by atoms with E-state index in [0.717, 1.165) is 18.4 Å². The van der Waals surface area contributed by atoms with E-state index in [1.54, 1.807) is 18.2 Å². The molecule has 6 unspecified atom stereocenters. The van der Waals surface area contributed by atoms with Gasteiger partial charge in [0.25, 0.3) is 0 Å². The van der Waals surface area contributed by atoms with Crippen molar-refractivity contribution in [1.29, 1.82) is 0 Å². The SMILES string of the molecule is C=CCc1ccc(OC2OC(C(O)CCCO)C(O)C(O)C2(O)CCC2(O)CCCC2)cc1. The second-order valence-corrected chi connectivity index (χ2v) is 9.48. The van der Waals surface area contributed by atoms with E-state index in [1.165, 1.54) is 0 Å². The first kappa shape index (κ1) is 26.1. The molecule has 1 saturated heterocycles. The maximum atomic E-state index is 11.5. The standard InChI is InChI=1S/C25H38O8/c1-2-6-17-8-10-18(11-9-17)32-23-25(31,15-14-24(30)12-3-4-13-24)22(29)20(28)21(33-23)19(27)7-5-16-26/h2,8-11,19-23,26-31H,1,3-7,12-16H2. The number of aliphatic hydroxyl groups is 6. The second kappa shape index (κ2) is 11.3. The van der Waals surface area contributed by atoms with Crippen molar-refractivity contribution in [2.24, 2.45) is 0 Å². The van der Waals surface area contributed by atoms with Crippen LogP contribution < -0.4 is 4.74 Å². The predicted octanol–water partition coefficient (Wildman–Crippen LogP) is 1.19. The van der Waals surface area contributed by atoms with Gasteiger partial charge in [-0.2, -0.15) is 0 Å². The molecule has 8 heteroatoms. The van der Waals surface area contributed by atoms with E-state index < -0.39 is 41.9 Å². The summed E-state index contributed by atoms with van der Waals surface area (Å²) in [7, 11) is 0. The van der Waals surface area contributed by atoms with Crippen molar-refractivity contribution in [3.8, 4) is 5.75 Å². The Morgan fingerprint density at radius 2 is 1.79 bits per heavy atom. The van der Waals surface area contributed by atoms with Gasteiger partial charge < -0.3 is 40.1 Å². The lowest BCUT2D eigenvalue weighted by atomic mass is 9.78. The average molecular weight is 467 g/mol. The van der Waals surface area contributed by atoms with E-state index in [4.69, 9.17) is 14.6 Å². The van der Waals surface area contributed by atoms with Crippen molar-refractivity contribution in [1.82, 2.24) is 0 Å². The molecule has 0 amide bonds. The Labute approximate surface area is 195 Å². The van der Waals surface area contributed by atoms with Crippen LogP contribution in [0.3, 0.4) is 0 Å². The summed E-state index contributed by atoms with van der Waals surface area (Å²) >= 11 is 0. The number of aliphatic hydroxyl groups excluding tert-OH is 4. The van der Waals surface area contributed by atoms with Gasteiger partial charge in [0.15, 0.2) is 5.60 Å². The molecule has 6 N–H and O–H groups in total. The minimum Gasteiger partial charge on any atom is -0.462 e. The molecule has 1 aromatic carbocycles. The van der Waals surface area contributed by atoms with Crippen LogP contribution in [-0.4, -0.2) is 79.2 Å². The zero-order chi connectivity index (χ0) is 24.1. The van der Waals surface area contributed by atoms with Crippen LogP contribution in [-0.2, 0) is 11.2 Å². The second-order valence-electron chi connectivity index (χ2n) is 9.48. The molecule has 33 heavy (non-hydrogen) atoms. The van der Waals surface area contributed by atoms with Gasteiger partial charge in [0.05, 0.1) is 11.7 Å². The molecule has 1 aliphatic carbocycles. The van der Waals surface area contributed by atoms with Crippen LogP contribution in [0, 0.1) is 0 Å². The molecular weight excluding hydrogens is 428 g/mol. The highest BCUT2D eigenvalue weighted by Gasteiger charge is 2.57. The van der Waals surface area contributed by atoms with Gasteiger partial charge in [-0.1, -0.05) is 31.1 Å². The molecule has 2 aliphatic rings. The van der Waals surface area contributed by atoms with Gasteiger partial charge in [0.2, 0.25) is 6.29 Å². The third-order valence-electron chi connectivity index (χ3n) is 6.97. The number of ether oxygens (including phenoxy) is 2. The Hall–Kier alpha value is -1.52. The van der Waals surface area contributed by atoms with Gasteiger partial charge in [0, 0.05) is 6.61 Å². The monoisotopic (exact) mass is 466 g/mol. The summed E-state index contributed by atoms with van der Waals surface area (Å²) in [5, 5.41) is 63.5. The summed E-state index contributed by atoms with van der Waals surface area (Å²) in [5.74, 6) is 0.387. The number of benzene rings is 1. The Morgan fingerprint density at radius 3 is 2.39 bits per heavy atom. The Kier molecular flexibility index (Phi) is 8.91. The normalized spacial score (nSPS) is 32.4. The first-order valence-electron chi connectivity index (χ1n) is 11.8. The average Bonchev–Trinajstić information content (AvgIpc) is 3.25. The maximum Gasteiger partial charge on any atom is 0.232 e.